The standard InChI is InChI=1S/C14H22N4OS/c1-10-5-6-12(9-11(10)2)15-14(20)17-16-13(19)7-8-18(3)4/h5-6,9H,7-8H2,1-4H3,(H,16,19)(H2,15,17,20)/p+1. The van der Waals surface area contributed by atoms with Gasteiger partial charge in [-0.1, -0.05) is 6.07 Å². The van der Waals surface area contributed by atoms with E-state index in [9.17, 15) is 4.79 Å². The highest BCUT2D eigenvalue weighted by molar-refractivity contribution is 7.80. The van der Waals surface area contributed by atoms with Crippen LogP contribution in [0.5, 0.6) is 0 Å². The van der Waals surface area contributed by atoms with Gasteiger partial charge in [0.25, 0.3) is 0 Å². The summed E-state index contributed by atoms with van der Waals surface area (Å²) in [5.41, 5.74) is 8.60. The van der Waals surface area contributed by atoms with Crippen LogP contribution >= 0.6 is 12.2 Å². The van der Waals surface area contributed by atoms with Crippen molar-refractivity contribution in [2.75, 3.05) is 26.0 Å². The predicted molar refractivity (Wildman–Crippen MR) is 85.7 cm³/mol. The van der Waals surface area contributed by atoms with Crippen molar-refractivity contribution < 1.29 is 9.69 Å². The molecule has 0 saturated heterocycles. The molecule has 1 aromatic carbocycles. The van der Waals surface area contributed by atoms with Crippen molar-refractivity contribution in [3.8, 4) is 0 Å². The molecule has 0 radical (unpaired) electrons. The molecule has 0 unspecified atom stereocenters. The largest absolute Gasteiger partial charge is 0.339 e. The van der Waals surface area contributed by atoms with Gasteiger partial charge in [-0.15, -0.1) is 0 Å². The Morgan fingerprint density at radius 1 is 1.20 bits per heavy atom. The first-order valence-corrected chi connectivity index (χ1v) is 7.01. The molecule has 20 heavy (non-hydrogen) atoms. The molecule has 1 aromatic rings. The molecular weight excluding hydrogens is 272 g/mol. The number of rotatable bonds is 4. The lowest BCUT2D eigenvalue weighted by molar-refractivity contribution is -0.857. The molecule has 0 aliphatic rings. The van der Waals surface area contributed by atoms with Crippen LogP contribution in [0, 0.1) is 13.8 Å². The molecule has 0 atom stereocenters. The minimum Gasteiger partial charge on any atom is -0.339 e. The average molecular weight is 295 g/mol. The fourth-order valence-electron chi connectivity index (χ4n) is 1.53. The molecule has 0 heterocycles. The molecule has 1 amide bonds. The van der Waals surface area contributed by atoms with Crippen molar-refractivity contribution >= 4 is 28.9 Å². The van der Waals surface area contributed by atoms with Gasteiger partial charge in [-0.2, -0.15) is 0 Å². The smallest absolute Gasteiger partial charge is 0.244 e. The number of aryl methyl sites for hydroxylation is 2. The number of thiocarbonyl (C=S) groups is 1. The summed E-state index contributed by atoms with van der Waals surface area (Å²) in [4.78, 5) is 12.8. The first-order valence-electron chi connectivity index (χ1n) is 6.60. The molecule has 0 saturated carbocycles. The molecule has 0 aromatic heterocycles. The highest BCUT2D eigenvalue weighted by Gasteiger charge is 2.05. The summed E-state index contributed by atoms with van der Waals surface area (Å²) < 4.78 is 0. The van der Waals surface area contributed by atoms with E-state index in [0.29, 0.717) is 11.5 Å². The Bertz CT molecular complexity index is 488. The maximum Gasteiger partial charge on any atom is 0.244 e. The fraction of sp³-hybridized carbons (Fsp3) is 0.429. The quantitative estimate of drug-likeness (QED) is 0.472. The molecule has 0 bridgehead atoms. The Labute approximate surface area is 125 Å². The molecule has 4 N–H and O–H groups in total. The number of nitrogens with one attached hydrogen (secondary N) is 4. The predicted octanol–water partition coefficient (Wildman–Crippen LogP) is 0.156. The number of hydrogen-bond donors (Lipinski definition) is 4. The van der Waals surface area contributed by atoms with E-state index in [2.05, 4.69) is 23.1 Å². The van der Waals surface area contributed by atoms with Crippen molar-refractivity contribution in [2.24, 2.45) is 0 Å². The second-order valence-electron chi connectivity index (χ2n) is 5.13. The number of hydrazine groups is 1. The number of benzene rings is 1. The van der Waals surface area contributed by atoms with Gasteiger partial charge in [0.1, 0.15) is 0 Å². The van der Waals surface area contributed by atoms with E-state index in [1.54, 1.807) is 0 Å². The second kappa shape index (κ2) is 7.81. The summed E-state index contributed by atoms with van der Waals surface area (Å²) in [6, 6.07) is 5.99. The number of amides is 1. The summed E-state index contributed by atoms with van der Waals surface area (Å²) in [7, 11) is 4.01. The van der Waals surface area contributed by atoms with Crippen LogP contribution in [0.4, 0.5) is 5.69 Å². The molecule has 1 rings (SSSR count). The molecule has 0 aliphatic carbocycles. The van der Waals surface area contributed by atoms with Crippen molar-refractivity contribution in [1.82, 2.24) is 10.9 Å². The Morgan fingerprint density at radius 3 is 2.50 bits per heavy atom. The molecule has 0 spiro atoms. The summed E-state index contributed by atoms with van der Waals surface area (Å²) in [5, 5.41) is 3.40. The number of anilines is 1. The summed E-state index contributed by atoms with van der Waals surface area (Å²) in [6.45, 7) is 4.88. The minimum absolute atomic E-state index is 0.0737. The van der Waals surface area contributed by atoms with Gasteiger partial charge < -0.3 is 10.2 Å². The molecule has 110 valence electrons. The molecular formula is C14H23N4OS+. The summed E-state index contributed by atoms with van der Waals surface area (Å²) in [5.74, 6) is -0.0737. The summed E-state index contributed by atoms with van der Waals surface area (Å²) >= 11 is 5.12. The van der Waals surface area contributed by atoms with E-state index in [4.69, 9.17) is 12.2 Å². The van der Waals surface area contributed by atoms with Crippen molar-refractivity contribution in [3.63, 3.8) is 0 Å². The van der Waals surface area contributed by atoms with Crippen LogP contribution in [-0.2, 0) is 4.79 Å². The third kappa shape index (κ3) is 5.99. The Hall–Kier alpha value is -1.66. The van der Waals surface area contributed by atoms with E-state index < -0.39 is 0 Å². The Balaban J connectivity index is 2.36. The van der Waals surface area contributed by atoms with Gasteiger partial charge in [-0.25, -0.2) is 0 Å². The lowest BCUT2D eigenvalue weighted by Crippen LogP contribution is -3.05. The van der Waals surface area contributed by atoms with Gasteiger partial charge in [0.15, 0.2) is 5.11 Å². The summed E-state index contributed by atoms with van der Waals surface area (Å²) in [6.07, 6.45) is 0.460. The lowest BCUT2D eigenvalue weighted by Gasteiger charge is -2.13. The van der Waals surface area contributed by atoms with E-state index in [1.807, 2.05) is 39.2 Å². The SMILES string of the molecule is Cc1ccc(NC(=S)NNC(=O)CC[NH+](C)C)cc1C. The zero-order valence-electron chi connectivity index (χ0n) is 12.5. The second-order valence-corrected chi connectivity index (χ2v) is 5.54. The van der Waals surface area contributed by atoms with E-state index >= 15 is 0 Å². The molecule has 0 fully saturated rings. The van der Waals surface area contributed by atoms with Crippen molar-refractivity contribution in [3.05, 3.63) is 29.3 Å². The van der Waals surface area contributed by atoms with Gasteiger partial charge in [0, 0.05) is 5.69 Å². The molecule has 0 aliphatic heterocycles. The van der Waals surface area contributed by atoms with Gasteiger partial charge in [0.05, 0.1) is 27.1 Å². The number of carbonyl (C=O) groups is 1. The molecule has 6 heteroatoms. The van der Waals surface area contributed by atoms with Crippen LogP contribution in [0.25, 0.3) is 0 Å². The van der Waals surface area contributed by atoms with Gasteiger partial charge >= 0.3 is 0 Å². The highest BCUT2D eigenvalue weighted by Crippen LogP contribution is 2.13. The maximum absolute atomic E-state index is 11.5. The van der Waals surface area contributed by atoms with E-state index in [-0.39, 0.29) is 5.91 Å². The van der Waals surface area contributed by atoms with Crippen molar-refractivity contribution in [1.29, 1.82) is 0 Å². The zero-order chi connectivity index (χ0) is 15.1. The average Bonchev–Trinajstić information content (AvgIpc) is 2.38. The molecule has 5 nitrogen and oxygen atoms in total. The number of quaternary nitrogens is 1. The zero-order valence-corrected chi connectivity index (χ0v) is 13.3. The topological polar surface area (TPSA) is 57.6 Å². The minimum atomic E-state index is -0.0737. The number of hydrogen-bond acceptors (Lipinski definition) is 2. The third-order valence-corrected chi connectivity index (χ3v) is 3.14. The third-order valence-electron chi connectivity index (χ3n) is 2.93. The Kier molecular flexibility index (Phi) is 6.41. The van der Waals surface area contributed by atoms with Crippen LogP contribution in [-0.4, -0.2) is 31.7 Å². The van der Waals surface area contributed by atoms with Crippen LogP contribution in [0.15, 0.2) is 18.2 Å². The highest BCUT2D eigenvalue weighted by atomic mass is 32.1. The van der Waals surface area contributed by atoms with Gasteiger partial charge in [0.2, 0.25) is 5.91 Å². The number of carbonyl (C=O) groups excluding carboxylic acids is 1. The van der Waals surface area contributed by atoms with E-state index in [1.165, 1.54) is 16.0 Å². The normalized spacial score (nSPS) is 10.2. The first kappa shape index (κ1) is 16.4. The van der Waals surface area contributed by atoms with E-state index in [0.717, 1.165) is 12.2 Å². The monoisotopic (exact) mass is 295 g/mol. The van der Waals surface area contributed by atoms with Crippen LogP contribution in [0.1, 0.15) is 17.5 Å². The fourth-order valence-corrected chi connectivity index (χ4v) is 1.70. The van der Waals surface area contributed by atoms with Gasteiger partial charge in [-0.3, -0.25) is 15.6 Å². The van der Waals surface area contributed by atoms with Crippen LogP contribution < -0.4 is 21.1 Å². The van der Waals surface area contributed by atoms with Crippen LogP contribution in [0.3, 0.4) is 0 Å². The first-order chi connectivity index (χ1) is 9.38. The van der Waals surface area contributed by atoms with Crippen molar-refractivity contribution in [2.45, 2.75) is 20.3 Å². The van der Waals surface area contributed by atoms with Crippen LogP contribution in [0.2, 0.25) is 0 Å². The maximum atomic E-state index is 11.5. The lowest BCUT2D eigenvalue weighted by atomic mass is 10.1. The van der Waals surface area contributed by atoms with Gasteiger partial charge in [-0.05, 0) is 49.3 Å². The Morgan fingerprint density at radius 2 is 1.90 bits per heavy atom.